The van der Waals surface area contributed by atoms with Gasteiger partial charge in [0, 0.05) is 16.7 Å². The first-order valence-corrected chi connectivity index (χ1v) is 8.34. The third kappa shape index (κ3) is 3.44. The molecule has 2 rings (SSSR count). The Morgan fingerprint density at radius 3 is 2.79 bits per heavy atom. The van der Waals surface area contributed by atoms with Crippen molar-refractivity contribution in [1.29, 1.82) is 0 Å². The molecule has 0 amide bonds. The molecule has 8 heteroatoms. The van der Waals surface area contributed by atoms with Gasteiger partial charge in [-0.2, -0.15) is 0 Å². The number of sulfonamides is 1. The molecule has 1 aromatic heterocycles. The van der Waals surface area contributed by atoms with Crippen molar-refractivity contribution in [2.45, 2.75) is 37.1 Å². The minimum Gasteiger partial charge on any atom is -0.307 e. The second-order valence-corrected chi connectivity index (χ2v) is 7.48. The first-order chi connectivity index (χ1) is 8.92. The van der Waals surface area contributed by atoms with E-state index < -0.39 is 10.0 Å². The second kappa shape index (κ2) is 5.74. The Labute approximate surface area is 121 Å². The van der Waals surface area contributed by atoms with Gasteiger partial charge in [0.25, 0.3) is 0 Å². The maximum atomic E-state index is 12.4. The average molecular weight is 349 g/mol. The fourth-order valence-electron chi connectivity index (χ4n) is 2.33. The summed E-state index contributed by atoms with van der Waals surface area (Å²) >= 11 is 3.22. The first kappa shape index (κ1) is 14.7. The molecule has 1 aliphatic carbocycles. The molecule has 1 aliphatic rings. The monoisotopic (exact) mass is 348 g/mol. The van der Waals surface area contributed by atoms with Crippen LogP contribution >= 0.6 is 15.9 Å². The van der Waals surface area contributed by atoms with Crippen LogP contribution in [0.25, 0.3) is 0 Å². The Morgan fingerprint density at radius 1 is 1.47 bits per heavy atom. The van der Waals surface area contributed by atoms with Gasteiger partial charge in [-0.25, -0.2) is 24.0 Å². The topological polar surface area (TPSA) is 97.1 Å². The molecule has 0 bridgehead atoms. The normalized spacial score (nSPS) is 23.5. The van der Waals surface area contributed by atoms with Crippen molar-refractivity contribution in [3.8, 4) is 0 Å². The van der Waals surface area contributed by atoms with E-state index in [1.54, 1.807) is 0 Å². The summed E-state index contributed by atoms with van der Waals surface area (Å²) in [6.07, 6.45) is 4.27. The summed E-state index contributed by atoms with van der Waals surface area (Å²) in [6, 6.07) is 1.48. The van der Waals surface area contributed by atoms with Crippen LogP contribution in [0, 0.1) is 5.92 Å². The van der Waals surface area contributed by atoms with Crippen LogP contribution in [0.1, 0.15) is 26.2 Å². The van der Waals surface area contributed by atoms with Crippen molar-refractivity contribution < 1.29 is 8.42 Å². The van der Waals surface area contributed by atoms with Crippen LogP contribution in [0.4, 0.5) is 5.82 Å². The van der Waals surface area contributed by atoms with E-state index in [9.17, 15) is 8.42 Å². The number of hydrogen-bond donors (Lipinski definition) is 3. The van der Waals surface area contributed by atoms with Gasteiger partial charge < -0.3 is 5.43 Å². The van der Waals surface area contributed by atoms with Gasteiger partial charge in [-0.1, -0.05) is 6.92 Å². The summed E-state index contributed by atoms with van der Waals surface area (Å²) in [5.74, 6) is 6.00. The van der Waals surface area contributed by atoms with Gasteiger partial charge in [-0.3, -0.25) is 0 Å². The zero-order valence-corrected chi connectivity index (χ0v) is 13.0. The molecule has 1 saturated carbocycles. The Balaban J connectivity index is 2.26. The highest BCUT2D eigenvalue weighted by molar-refractivity contribution is 9.10. The number of hydrogen-bond acceptors (Lipinski definition) is 5. The molecule has 1 aromatic rings. The molecular weight excluding hydrogens is 332 g/mol. The average Bonchev–Trinajstić information content (AvgIpc) is 2.74. The lowest BCUT2D eigenvalue weighted by Crippen LogP contribution is -2.33. The molecule has 0 radical (unpaired) electrons. The highest BCUT2D eigenvalue weighted by Gasteiger charge is 2.28. The highest BCUT2D eigenvalue weighted by Crippen LogP contribution is 2.28. The molecule has 0 aliphatic heterocycles. The summed E-state index contributed by atoms with van der Waals surface area (Å²) in [4.78, 5) is 4.01. The van der Waals surface area contributed by atoms with E-state index in [4.69, 9.17) is 5.84 Å². The molecule has 0 saturated heterocycles. The fourth-order valence-corrected chi connectivity index (χ4v) is 4.24. The molecule has 0 aromatic carbocycles. The molecular formula is C11H17BrN4O2S. The van der Waals surface area contributed by atoms with Crippen LogP contribution in [0.5, 0.6) is 0 Å². The van der Waals surface area contributed by atoms with E-state index in [0.717, 1.165) is 19.3 Å². The SMILES string of the molecule is CC1CCC(NS(=O)(=O)c2cc(Br)cnc2NN)C1. The van der Waals surface area contributed by atoms with Crippen LogP contribution in [0.2, 0.25) is 0 Å². The maximum absolute atomic E-state index is 12.4. The van der Waals surface area contributed by atoms with Crippen LogP contribution in [-0.4, -0.2) is 19.4 Å². The molecule has 1 fully saturated rings. The maximum Gasteiger partial charge on any atom is 0.244 e. The number of nitrogens with zero attached hydrogens (tertiary/aromatic N) is 1. The minimum absolute atomic E-state index is 0.00962. The second-order valence-electron chi connectivity index (χ2n) is 4.88. The van der Waals surface area contributed by atoms with Crippen molar-refractivity contribution in [3.05, 3.63) is 16.7 Å². The smallest absolute Gasteiger partial charge is 0.244 e. The number of anilines is 1. The lowest BCUT2D eigenvalue weighted by atomic mass is 10.1. The van der Waals surface area contributed by atoms with E-state index in [1.165, 1.54) is 12.3 Å². The van der Waals surface area contributed by atoms with Crippen LogP contribution in [-0.2, 0) is 10.0 Å². The summed E-state index contributed by atoms with van der Waals surface area (Å²) in [5, 5.41) is 0. The van der Waals surface area contributed by atoms with Gasteiger partial charge in [0.15, 0.2) is 5.82 Å². The number of nitrogens with two attached hydrogens (primary N) is 1. The molecule has 106 valence electrons. The lowest BCUT2D eigenvalue weighted by molar-refractivity contribution is 0.538. The number of hydrazine groups is 1. The number of rotatable bonds is 4. The van der Waals surface area contributed by atoms with E-state index >= 15 is 0 Å². The van der Waals surface area contributed by atoms with Gasteiger partial charge in [-0.15, -0.1) is 0 Å². The molecule has 4 N–H and O–H groups in total. The van der Waals surface area contributed by atoms with Crippen LogP contribution in [0.15, 0.2) is 21.6 Å². The van der Waals surface area contributed by atoms with Crippen molar-refractivity contribution in [1.82, 2.24) is 9.71 Å². The van der Waals surface area contributed by atoms with Crippen LogP contribution < -0.4 is 16.0 Å². The number of aromatic nitrogens is 1. The summed E-state index contributed by atoms with van der Waals surface area (Å²) in [5.41, 5.74) is 2.31. The summed E-state index contributed by atoms with van der Waals surface area (Å²) in [6.45, 7) is 2.13. The van der Waals surface area contributed by atoms with E-state index in [2.05, 4.69) is 38.0 Å². The summed E-state index contributed by atoms with van der Waals surface area (Å²) < 4.78 is 28.0. The molecule has 19 heavy (non-hydrogen) atoms. The minimum atomic E-state index is -3.62. The lowest BCUT2D eigenvalue weighted by Gasteiger charge is -2.15. The summed E-state index contributed by atoms with van der Waals surface area (Å²) in [7, 11) is -3.62. The third-order valence-corrected chi connectivity index (χ3v) is 5.23. The van der Waals surface area contributed by atoms with Crippen molar-refractivity contribution >= 4 is 31.8 Å². The predicted octanol–water partition coefficient (Wildman–Crippen LogP) is 1.60. The molecule has 2 unspecified atom stereocenters. The van der Waals surface area contributed by atoms with Gasteiger partial charge in [-0.05, 0) is 47.2 Å². The molecule has 0 spiro atoms. The van der Waals surface area contributed by atoms with E-state index in [0.29, 0.717) is 10.4 Å². The Hall–Kier alpha value is -0.700. The van der Waals surface area contributed by atoms with Gasteiger partial charge in [0.2, 0.25) is 10.0 Å². The number of nitrogen functional groups attached to an aromatic ring is 1. The van der Waals surface area contributed by atoms with Crippen LogP contribution in [0.3, 0.4) is 0 Å². The highest BCUT2D eigenvalue weighted by atomic mass is 79.9. The molecule has 1 heterocycles. The van der Waals surface area contributed by atoms with Gasteiger partial charge in [0.1, 0.15) is 4.90 Å². The van der Waals surface area contributed by atoms with Crippen molar-refractivity contribution in [3.63, 3.8) is 0 Å². The Kier molecular flexibility index (Phi) is 4.44. The molecule has 2 atom stereocenters. The molecule has 6 nitrogen and oxygen atoms in total. The van der Waals surface area contributed by atoms with Crippen molar-refractivity contribution in [2.24, 2.45) is 11.8 Å². The van der Waals surface area contributed by atoms with Gasteiger partial charge >= 0.3 is 0 Å². The number of halogens is 1. The zero-order valence-electron chi connectivity index (χ0n) is 10.6. The fraction of sp³-hybridized carbons (Fsp3) is 0.545. The van der Waals surface area contributed by atoms with E-state index in [1.807, 2.05) is 0 Å². The number of pyridine rings is 1. The Morgan fingerprint density at radius 2 is 2.21 bits per heavy atom. The van der Waals surface area contributed by atoms with Crippen molar-refractivity contribution in [2.75, 3.05) is 5.43 Å². The first-order valence-electron chi connectivity index (χ1n) is 6.07. The largest absolute Gasteiger partial charge is 0.307 e. The van der Waals surface area contributed by atoms with E-state index in [-0.39, 0.29) is 16.8 Å². The zero-order chi connectivity index (χ0) is 14.0. The third-order valence-electron chi connectivity index (χ3n) is 3.26. The predicted molar refractivity (Wildman–Crippen MR) is 76.9 cm³/mol. The Bertz CT molecular complexity index is 564. The standard InChI is InChI=1S/C11H17BrN4O2S/c1-7-2-3-9(4-7)16-19(17,18)10-5-8(12)6-14-11(10)15-13/h5-7,9,16H,2-4,13H2,1H3,(H,14,15). The number of nitrogens with one attached hydrogen (secondary N) is 2. The quantitative estimate of drug-likeness (QED) is 0.567. The van der Waals surface area contributed by atoms with Gasteiger partial charge in [0.05, 0.1) is 0 Å².